The van der Waals surface area contributed by atoms with Gasteiger partial charge >= 0.3 is 6.18 Å². The molecular formula is C13H15F3N2O2. The highest BCUT2D eigenvalue weighted by atomic mass is 19.4. The van der Waals surface area contributed by atoms with Gasteiger partial charge < -0.3 is 10.6 Å². The minimum absolute atomic E-state index is 0.0167. The Morgan fingerprint density at radius 3 is 2.50 bits per heavy atom. The Bertz CT molecular complexity index is 487. The first-order valence-electron chi connectivity index (χ1n) is 5.96. The lowest BCUT2D eigenvalue weighted by Gasteiger charge is -2.09. The van der Waals surface area contributed by atoms with Crippen LogP contribution in [0.4, 0.5) is 13.2 Å². The van der Waals surface area contributed by atoms with Crippen LogP contribution in [0.15, 0.2) is 24.3 Å². The molecule has 2 amide bonds. The maximum Gasteiger partial charge on any atom is 0.416 e. The molecule has 20 heavy (non-hydrogen) atoms. The summed E-state index contributed by atoms with van der Waals surface area (Å²) in [5.41, 5.74) is -0.379. The summed E-state index contributed by atoms with van der Waals surface area (Å²) < 4.78 is 37.4. The van der Waals surface area contributed by atoms with Gasteiger partial charge in [0.05, 0.1) is 5.56 Å². The van der Waals surface area contributed by atoms with Gasteiger partial charge in [-0.05, 0) is 17.7 Å². The van der Waals surface area contributed by atoms with Gasteiger partial charge in [0.2, 0.25) is 11.8 Å². The molecule has 1 aromatic rings. The first-order valence-corrected chi connectivity index (χ1v) is 5.96. The summed E-state index contributed by atoms with van der Waals surface area (Å²) in [6.07, 6.45) is -4.32. The van der Waals surface area contributed by atoms with E-state index in [4.69, 9.17) is 0 Å². The molecule has 0 saturated heterocycles. The molecule has 0 heterocycles. The van der Waals surface area contributed by atoms with Crippen molar-refractivity contribution >= 4 is 11.8 Å². The van der Waals surface area contributed by atoms with E-state index in [9.17, 15) is 22.8 Å². The molecule has 0 spiro atoms. The van der Waals surface area contributed by atoms with E-state index in [0.717, 1.165) is 12.1 Å². The van der Waals surface area contributed by atoms with Crippen LogP contribution in [0.3, 0.4) is 0 Å². The molecule has 0 fully saturated rings. The van der Waals surface area contributed by atoms with Crippen molar-refractivity contribution < 1.29 is 22.8 Å². The lowest BCUT2D eigenvalue weighted by Crippen LogP contribution is -2.29. The third-order valence-electron chi connectivity index (χ3n) is 2.47. The lowest BCUT2D eigenvalue weighted by atomic mass is 10.1. The number of alkyl halides is 3. The summed E-state index contributed by atoms with van der Waals surface area (Å²) in [4.78, 5) is 22.0. The van der Waals surface area contributed by atoms with Gasteiger partial charge in [-0.2, -0.15) is 13.2 Å². The summed E-state index contributed by atoms with van der Waals surface area (Å²) in [5, 5.41) is 4.95. The standard InChI is InChI=1S/C13H15F3N2O2/c1-9(19)17-6-5-12(20)18-8-10-3-2-4-11(7-10)13(14,15)16/h2-4,7H,5-6,8H2,1H3,(H,17,19)(H,18,20). The number of hydrogen-bond donors (Lipinski definition) is 2. The molecule has 0 saturated carbocycles. The van der Waals surface area contributed by atoms with Crippen molar-refractivity contribution in [2.75, 3.05) is 6.54 Å². The molecule has 7 heteroatoms. The number of halogens is 3. The first-order chi connectivity index (χ1) is 9.29. The average Bonchev–Trinajstić information content (AvgIpc) is 2.35. The minimum Gasteiger partial charge on any atom is -0.356 e. The summed E-state index contributed by atoms with van der Waals surface area (Å²) in [6, 6.07) is 4.77. The molecule has 110 valence electrons. The second-order valence-electron chi connectivity index (χ2n) is 4.21. The second-order valence-corrected chi connectivity index (χ2v) is 4.21. The van der Waals surface area contributed by atoms with Crippen LogP contribution in [0.25, 0.3) is 0 Å². The van der Waals surface area contributed by atoms with E-state index >= 15 is 0 Å². The molecule has 0 radical (unpaired) electrons. The van der Waals surface area contributed by atoms with Gasteiger partial charge in [0, 0.05) is 26.4 Å². The SMILES string of the molecule is CC(=O)NCCC(=O)NCc1cccc(C(F)(F)F)c1. The van der Waals surface area contributed by atoms with Crippen LogP contribution < -0.4 is 10.6 Å². The zero-order chi connectivity index (χ0) is 15.2. The smallest absolute Gasteiger partial charge is 0.356 e. The molecular weight excluding hydrogens is 273 g/mol. The molecule has 0 atom stereocenters. The summed E-state index contributed by atoms with van der Waals surface area (Å²) >= 11 is 0. The highest BCUT2D eigenvalue weighted by molar-refractivity contribution is 5.77. The molecule has 0 aliphatic heterocycles. The van der Waals surface area contributed by atoms with Gasteiger partial charge in [0.25, 0.3) is 0 Å². The molecule has 1 rings (SSSR count). The van der Waals surface area contributed by atoms with Crippen LogP contribution in [-0.2, 0) is 22.3 Å². The van der Waals surface area contributed by atoms with E-state index in [1.807, 2.05) is 0 Å². The quantitative estimate of drug-likeness (QED) is 0.868. The average molecular weight is 288 g/mol. The number of carbonyl (C=O) groups is 2. The van der Waals surface area contributed by atoms with Crippen molar-refractivity contribution in [2.24, 2.45) is 0 Å². The molecule has 0 bridgehead atoms. The van der Waals surface area contributed by atoms with Crippen molar-refractivity contribution in [3.8, 4) is 0 Å². The van der Waals surface area contributed by atoms with Crippen molar-refractivity contribution in [3.05, 3.63) is 35.4 Å². The number of carbonyl (C=O) groups excluding carboxylic acids is 2. The summed E-state index contributed by atoms with van der Waals surface area (Å²) in [7, 11) is 0. The number of rotatable bonds is 5. The normalized spacial score (nSPS) is 11.0. The Labute approximate surface area is 114 Å². The monoisotopic (exact) mass is 288 g/mol. The molecule has 0 unspecified atom stereocenters. The van der Waals surface area contributed by atoms with Crippen molar-refractivity contribution in [2.45, 2.75) is 26.1 Å². The van der Waals surface area contributed by atoms with E-state index in [1.54, 1.807) is 0 Å². The second kappa shape index (κ2) is 6.93. The van der Waals surface area contributed by atoms with Crippen LogP contribution >= 0.6 is 0 Å². The van der Waals surface area contributed by atoms with E-state index in [-0.39, 0.29) is 31.3 Å². The molecule has 0 aliphatic carbocycles. The van der Waals surface area contributed by atoms with Crippen LogP contribution in [0.5, 0.6) is 0 Å². The van der Waals surface area contributed by atoms with E-state index in [0.29, 0.717) is 5.56 Å². The predicted molar refractivity (Wildman–Crippen MR) is 66.6 cm³/mol. The number of hydrogen-bond acceptors (Lipinski definition) is 2. The topological polar surface area (TPSA) is 58.2 Å². The van der Waals surface area contributed by atoms with Crippen molar-refractivity contribution in [1.82, 2.24) is 10.6 Å². The zero-order valence-corrected chi connectivity index (χ0v) is 10.9. The van der Waals surface area contributed by atoms with E-state index < -0.39 is 11.7 Å². The van der Waals surface area contributed by atoms with Crippen molar-refractivity contribution in [3.63, 3.8) is 0 Å². The molecule has 2 N–H and O–H groups in total. The number of nitrogens with one attached hydrogen (secondary N) is 2. The Kier molecular flexibility index (Phi) is 5.54. The Morgan fingerprint density at radius 2 is 1.90 bits per heavy atom. The fourth-order valence-electron chi connectivity index (χ4n) is 1.50. The summed E-state index contributed by atoms with van der Waals surface area (Å²) in [6.45, 7) is 1.55. The highest BCUT2D eigenvalue weighted by Gasteiger charge is 2.30. The van der Waals surface area contributed by atoms with Crippen molar-refractivity contribution in [1.29, 1.82) is 0 Å². The molecule has 0 aromatic heterocycles. The predicted octanol–water partition coefficient (Wildman–Crippen LogP) is 1.85. The van der Waals surface area contributed by atoms with Crippen LogP contribution in [-0.4, -0.2) is 18.4 Å². The Hall–Kier alpha value is -2.05. The lowest BCUT2D eigenvalue weighted by molar-refractivity contribution is -0.137. The van der Waals surface area contributed by atoms with Gasteiger partial charge in [-0.25, -0.2) is 0 Å². The summed E-state index contributed by atoms with van der Waals surface area (Å²) in [5.74, 6) is -0.577. The van der Waals surface area contributed by atoms with E-state index in [1.165, 1.54) is 19.1 Å². The van der Waals surface area contributed by atoms with Gasteiger partial charge in [-0.15, -0.1) is 0 Å². The molecule has 1 aromatic carbocycles. The van der Waals surface area contributed by atoms with E-state index in [2.05, 4.69) is 10.6 Å². The van der Waals surface area contributed by atoms with Gasteiger partial charge in [-0.1, -0.05) is 12.1 Å². The van der Waals surface area contributed by atoms with Gasteiger partial charge in [-0.3, -0.25) is 9.59 Å². The van der Waals surface area contributed by atoms with Crippen LogP contribution in [0.1, 0.15) is 24.5 Å². The largest absolute Gasteiger partial charge is 0.416 e. The van der Waals surface area contributed by atoms with Crippen LogP contribution in [0, 0.1) is 0 Å². The van der Waals surface area contributed by atoms with Gasteiger partial charge in [0.15, 0.2) is 0 Å². The van der Waals surface area contributed by atoms with Crippen LogP contribution in [0.2, 0.25) is 0 Å². The Morgan fingerprint density at radius 1 is 1.20 bits per heavy atom. The minimum atomic E-state index is -4.40. The maximum absolute atomic E-state index is 12.5. The highest BCUT2D eigenvalue weighted by Crippen LogP contribution is 2.29. The number of benzene rings is 1. The zero-order valence-electron chi connectivity index (χ0n) is 10.9. The first kappa shape index (κ1) is 16.0. The third kappa shape index (κ3) is 5.73. The van der Waals surface area contributed by atoms with Gasteiger partial charge in [0.1, 0.15) is 0 Å². The molecule has 4 nitrogen and oxygen atoms in total. The fraction of sp³-hybridized carbons (Fsp3) is 0.385. The Balaban J connectivity index is 2.45. The maximum atomic E-state index is 12.5. The third-order valence-corrected chi connectivity index (χ3v) is 2.47. The molecule has 0 aliphatic rings. The number of amides is 2. The fourth-order valence-corrected chi connectivity index (χ4v) is 1.50.